The fourth-order valence-electron chi connectivity index (χ4n) is 6.90. The molecule has 5 rings (SSSR count). The van der Waals surface area contributed by atoms with Crippen LogP contribution in [0, 0.1) is 6.92 Å². The Morgan fingerprint density at radius 1 is 0.333 bits per heavy atom. The molecule has 0 amide bonds. The molecule has 69 heavy (non-hydrogen) atoms. The third-order valence-corrected chi connectivity index (χ3v) is 10.4. The molecule has 0 bridgehead atoms. The summed E-state index contributed by atoms with van der Waals surface area (Å²) in [5, 5.41) is 0. The minimum absolute atomic E-state index is 0.663. The van der Waals surface area contributed by atoms with Gasteiger partial charge in [0.2, 0.25) is 0 Å². The van der Waals surface area contributed by atoms with Gasteiger partial charge in [-0.05, 0) is 43.3 Å². The lowest BCUT2D eigenvalue weighted by molar-refractivity contribution is -0.144. The monoisotopic (exact) mass is 1050 g/mol. The van der Waals surface area contributed by atoms with Crippen molar-refractivity contribution in [3.8, 4) is 5.75 Å². The van der Waals surface area contributed by atoms with E-state index in [0.717, 1.165) is 0 Å². The van der Waals surface area contributed by atoms with Gasteiger partial charge in [0.25, 0.3) is 10.2 Å². The van der Waals surface area contributed by atoms with E-state index < -0.39 is 205 Å². The molecule has 0 spiro atoms. The second kappa shape index (κ2) is 18.3. The highest BCUT2D eigenvalue weighted by molar-refractivity contribution is 7.97. The fraction of sp³-hybridized carbons (Fsp3) is 0.268. The number of rotatable bonds is 6. The van der Waals surface area contributed by atoms with Gasteiger partial charge < -0.3 is 0 Å². The zero-order valence-electron chi connectivity index (χ0n) is 34.1. The van der Waals surface area contributed by atoms with Crippen molar-refractivity contribution in [2.24, 2.45) is 0 Å². The number of benzene rings is 5. The molecule has 0 aromatic heterocycles. The molecular formula is C41H25BF24O2S. The summed E-state index contributed by atoms with van der Waals surface area (Å²) < 4.78 is 357. The number of aryl methyl sites for hydroxylation is 1. The van der Waals surface area contributed by atoms with E-state index in [1.54, 1.807) is 12.5 Å². The van der Waals surface area contributed by atoms with E-state index in [0.29, 0.717) is 5.75 Å². The largest absolute Gasteiger partial charge is 0.416 e. The first kappa shape index (κ1) is 56.0. The first-order chi connectivity index (χ1) is 30.7. The minimum Gasteiger partial charge on any atom is -0.287 e. The molecule has 0 aliphatic rings. The predicted octanol–water partition coefficient (Wildman–Crippen LogP) is 13.3. The summed E-state index contributed by atoms with van der Waals surface area (Å²) in [5.74, 6) is 0.663. The van der Waals surface area contributed by atoms with Gasteiger partial charge in [0.05, 0.1) is 44.5 Å². The van der Waals surface area contributed by atoms with Gasteiger partial charge in [-0.1, -0.05) is 70.4 Å². The number of alkyl halides is 24. The van der Waals surface area contributed by atoms with Crippen molar-refractivity contribution < 1.29 is 114 Å². The molecule has 5 aromatic carbocycles. The second-order valence-electron chi connectivity index (χ2n) is 15.3. The van der Waals surface area contributed by atoms with Crippen LogP contribution in [0.25, 0.3) is 0 Å². The van der Waals surface area contributed by atoms with Crippen LogP contribution in [0.1, 0.15) is 50.1 Å². The van der Waals surface area contributed by atoms with Crippen LogP contribution < -0.4 is 26.0 Å². The van der Waals surface area contributed by atoms with Crippen LogP contribution in [0.4, 0.5) is 105 Å². The average molecular weight is 1050 g/mol. The summed E-state index contributed by atoms with van der Waals surface area (Å²) in [5.41, 5.74) is -29.0. The third kappa shape index (κ3) is 13.6. The Morgan fingerprint density at radius 2 is 0.507 bits per heavy atom. The van der Waals surface area contributed by atoms with Gasteiger partial charge in [-0.15, -0.1) is 0 Å². The predicted molar refractivity (Wildman–Crippen MR) is 202 cm³/mol. The van der Waals surface area contributed by atoms with Gasteiger partial charge >= 0.3 is 49.4 Å². The van der Waals surface area contributed by atoms with E-state index in [2.05, 4.69) is 0 Å². The molecule has 0 saturated carbocycles. The van der Waals surface area contributed by atoms with E-state index in [-0.39, 0.29) is 0 Å². The quantitative estimate of drug-likeness (QED) is 0.0962. The smallest absolute Gasteiger partial charge is 0.287 e. The molecule has 28 heteroatoms. The number of hydrogen-bond acceptors (Lipinski definition) is 2. The van der Waals surface area contributed by atoms with E-state index in [1.807, 2.05) is 31.2 Å². The molecule has 5 aromatic rings. The van der Waals surface area contributed by atoms with Gasteiger partial charge in [0, 0.05) is 0 Å². The van der Waals surface area contributed by atoms with Gasteiger partial charge in [0.15, 0.2) is 5.75 Å². The second-order valence-corrected chi connectivity index (χ2v) is 17.7. The van der Waals surface area contributed by atoms with E-state index in [9.17, 15) is 110 Å². The average Bonchev–Trinajstić information content (AvgIpc) is 3.16. The molecule has 0 aliphatic carbocycles. The normalized spacial score (nSPS) is 13.8. The SMILES string of the molecule is Cc1ccc(O[S+](C)(C)=O)cc1.FC(F)(F)c1cc([B-](c2cc(C(F)(F)F)cc(C(F)(F)F)c2)(c2cc(C(F)(F)F)cc(C(F)(F)F)c2)c2cc(C(F)(F)F)cc(C(F)(F)F)c2)cc(C(F)(F)F)c1. The molecule has 0 saturated heterocycles. The first-order valence-corrected chi connectivity index (χ1v) is 20.6. The molecular weight excluding hydrogens is 1020 g/mol. The molecule has 0 unspecified atom stereocenters. The lowest BCUT2D eigenvalue weighted by atomic mass is 9.12. The minimum atomic E-state index is -6.13. The zero-order chi connectivity index (χ0) is 53.1. The van der Waals surface area contributed by atoms with Crippen molar-refractivity contribution >= 4 is 38.2 Å². The standard InChI is InChI=1S/C32H12BF24.C9H13O2S/c34-25(35,36)13-1-14(26(37,38)39)6-21(5-13)33(22-7-15(27(40,41)42)2-16(8-22)28(43,44)45,23-9-17(29(46,47)48)3-18(10-23)30(49,50)51)24-11-19(31(52,53)54)4-20(12-24)32(55,56)57;1-8-4-6-9(7-5-8)11-12(2,3)10/h1-12H;4-7H,1-3H3/q-1;+1. The van der Waals surface area contributed by atoms with Crippen LogP contribution in [0.5, 0.6) is 5.75 Å². The topological polar surface area (TPSA) is 26.3 Å². The van der Waals surface area contributed by atoms with Gasteiger partial charge in [-0.2, -0.15) is 127 Å². The maximum Gasteiger partial charge on any atom is 0.416 e. The maximum absolute atomic E-state index is 14.2. The fourth-order valence-corrected chi connectivity index (χ4v) is 7.47. The maximum atomic E-state index is 14.2. The summed E-state index contributed by atoms with van der Waals surface area (Å²) >= 11 is 0. The van der Waals surface area contributed by atoms with Crippen molar-refractivity contribution in [1.82, 2.24) is 0 Å². The van der Waals surface area contributed by atoms with Crippen molar-refractivity contribution in [3.05, 3.63) is 147 Å². The van der Waals surface area contributed by atoms with E-state index in [1.165, 1.54) is 5.56 Å². The highest BCUT2D eigenvalue weighted by Gasteiger charge is 2.47. The molecule has 0 atom stereocenters. The Kier molecular flexibility index (Phi) is 14.9. The van der Waals surface area contributed by atoms with Crippen molar-refractivity contribution in [2.75, 3.05) is 12.5 Å². The van der Waals surface area contributed by atoms with Crippen molar-refractivity contribution in [3.63, 3.8) is 0 Å². The van der Waals surface area contributed by atoms with Crippen LogP contribution in [0.15, 0.2) is 97.1 Å². The summed E-state index contributed by atoms with van der Waals surface area (Å²) in [7, 11) is -2.14. The lowest BCUT2D eigenvalue weighted by Crippen LogP contribution is -2.75. The highest BCUT2D eigenvalue weighted by atomic mass is 32.3. The summed E-state index contributed by atoms with van der Waals surface area (Å²) in [6, 6.07) is -1.31. The molecule has 2 nitrogen and oxygen atoms in total. The van der Waals surface area contributed by atoms with Crippen LogP contribution in [0.2, 0.25) is 0 Å². The van der Waals surface area contributed by atoms with Crippen LogP contribution in [0.3, 0.4) is 0 Å². The van der Waals surface area contributed by atoms with E-state index >= 15 is 0 Å². The first-order valence-electron chi connectivity index (χ1n) is 18.3. The Balaban J connectivity index is 0.000000750. The van der Waals surface area contributed by atoms with Gasteiger partial charge in [-0.25, -0.2) is 0 Å². The third-order valence-electron chi connectivity index (χ3n) is 9.76. The molecule has 0 N–H and O–H groups in total. The Labute approximate surface area is 373 Å². The van der Waals surface area contributed by atoms with Crippen molar-refractivity contribution in [2.45, 2.75) is 56.3 Å². The molecule has 378 valence electrons. The Hall–Kier alpha value is -5.57. The van der Waals surface area contributed by atoms with Gasteiger partial charge in [0.1, 0.15) is 18.7 Å². The van der Waals surface area contributed by atoms with Crippen LogP contribution >= 0.6 is 0 Å². The zero-order valence-corrected chi connectivity index (χ0v) is 34.9. The lowest BCUT2D eigenvalue weighted by Gasteiger charge is -2.46. The summed E-state index contributed by atoms with van der Waals surface area (Å²) in [6.45, 7) is 2.00. The van der Waals surface area contributed by atoms with E-state index in [4.69, 9.17) is 4.18 Å². The Morgan fingerprint density at radius 3 is 0.652 bits per heavy atom. The van der Waals surface area contributed by atoms with Crippen LogP contribution in [-0.2, 0) is 63.8 Å². The number of hydrogen-bond donors (Lipinski definition) is 0. The summed E-state index contributed by atoms with van der Waals surface area (Å²) in [6.07, 6.45) is -51.7. The van der Waals surface area contributed by atoms with Crippen molar-refractivity contribution in [1.29, 1.82) is 0 Å². The Bertz CT molecular complexity index is 2260. The molecule has 0 fully saturated rings. The summed E-state index contributed by atoms with van der Waals surface area (Å²) in [4.78, 5) is 0. The molecule has 0 heterocycles. The number of halogens is 24. The van der Waals surface area contributed by atoms with Crippen LogP contribution in [-0.4, -0.2) is 18.7 Å². The van der Waals surface area contributed by atoms with Gasteiger partial charge in [-0.3, -0.25) is 4.18 Å². The highest BCUT2D eigenvalue weighted by Crippen LogP contribution is 2.41. The molecule has 0 aliphatic heterocycles. The molecule has 0 radical (unpaired) electrons.